The normalized spacial score (nSPS) is 13.2. The summed E-state index contributed by atoms with van der Waals surface area (Å²) in [5.74, 6) is -1.93. The molecule has 0 aliphatic heterocycles. The van der Waals surface area contributed by atoms with Crippen LogP contribution in [0.15, 0.2) is 46.1 Å². The Labute approximate surface area is 168 Å². The minimum absolute atomic E-state index is 0.0139. The summed E-state index contributed by atoms with van der Waals surface area (Å²) < 4.78 is 34.5. The lowest BCUT2D eigenvalue weighted by molar-refractivity contribution is -0.0737. The van der Waals surface area contributed by atoms with E-state index in [2.05, 4.69) is 25.9 Å². The summed E-state index contributed by atoms with van der Waals surface area (Å²) in [6, 6.07) is 4.98. The molecule has 0 aliphatic rings. The first-order valence-electron chi connectivity index (χ1n) is 8.17. The monoisotopic (exact) mass is 449 g/mol. The van der Waals surface area contributed by atoms with Crippen LogP contribution in [0.1, 0.15) is 17.0 Å². The van der Waals surface area contributed by atoms with Crippen molar-refractivity contribution >= 4 is 23.8 Å². The van der Waals surface area contributed by atoms with E-state index in [9.17, 15) is 18.7 Å². The van der Waals surface area contributed by atoms with Gasteiger partial charge in [0.2, 0.25) is 13.5 Å². The van der Waals surface area contributed by atoms with Crippen LogP contribution in [0.25, 0.3) is 5.69 Å². The quantitative estimate of drug-likeness (QED) is 0.375. The zero-order valence-electron chi connectivity index (χ0n) is 15.2. The summed E-state index contributed by atoms with van der Waals surface area (Å²) in [5.41, 5.74) is -1.19. The van der Waals surface area contributed by atoms with E-state index in [0.29, 0.717) is 22.1 Å². The molecule has 3 aromatic heterocycles. The first-order chi connectivity index (χ1) is 13.1. The Hall–Kier alpha value is -2.59. The van der Waals surface area contributed by atoms with Crippen molar-refractivity contribution in [1.82, 2.24) is 14.5 Å². The maximum absolute atomic E-state index is 14.0. The van der Waals surface area contributed by atoms with Crippen molar-refractivity contribution in [1.29, 1.82) is 0 Å². The maximum atomic E-state index is 14.0. The van der Waals surface area contributed by atoms with Crippen LogP contribution < -0.4 is 10.3 Å². The standard InChI is InChI=1S/C18H15BBrF2N3O3/c1-9-7-23-15(20)6-14(9)25-10(2)3-12(5-16(25)26)28-18(19,27)17-13(22)4-11(21)8-24-17/h3-8,27H,19H2,1-2H3. The molecule has 0 saturated heterocycles. The summed E-state index contributed by atoms with van der Waals surface area (Å²) in [6.45, 7) is 3.51. The Morgan fingerprint density at radius 1 is 1.18 bits per heavy atom. The molecule has 0 saturated carbocycles. The van der Waals surface area contributed by atoms with E-state index in [1.165, 1.54) is 10.6 Å². The van der Waals surface area contributed by atoms with Gasteiger partial charge in [0.05, 0.1) is 11.9 Å². The molecule has 1 atom stereocenters. The Morgan fingerprint density at radius 2 is 1.89 bits per heavy atom. The van der Waals surface area contributed by atoms with Crippen molar-refractivity contribution in [2.24, 2.45) is 0 Å². The minimum Gasteiger partial charge on any atom is -0.465 e. The first-order valence-corrected chi connectivity index (χ1v) is 8.97. The molecule has 0 bridgehead atoms. The van der Waals surface area contributed by atoms with Gasteiger partial charge in [0.1, 0.15) is 21.9 Å². The topological polar surface area (TPSA) is 77.2 Å². The van der Waals surface area contributed by atoms with E-state index in [-0.39, 0.29) is 5.75 Å². The van der Waals surface area contributed by atoms with Crippen LogP contribution in [0.5, 0.6) is 5.75 Å². The molecule has 0 fully saturated rings. The van der Waals surface area contributed by atoms with Gasteiger partial charge in [-0.3, -0.25) is 9.36 Å². The second-order valence-corrected chi connectivity index (χ2v) is 7.18. The highest BCUT2D eigenvalue weighted by atomic mass is 79.9. The SMILES string of the molecule is BC(O)(Oc1cc(C)n(-c2cc(Br)ncc2C)c(=O)c1)c1ncc(F)cc1F. The summed E-state index contributed by atoms with van der Waals surface area (Å²) in [4.78, 5) is 20.4. The molecule has 0 spiro atoms. The van der Waals surface area contributed by atoms with Crippen LogP contribution in [0, 0.1) is 25.5 Å². The van der Waals surface area contributed by atoms with Gasteiger partial charge in [-0.2, -0.15) is 0 Å². The molecule has 3 heterocycles. The number of hydrogen-bond acceptors (Lipinski definition) is 5. The van der Waals surface area contributed by atoms with Crippen molar-refractivity contribution in [2.75, 3.05) is 0 Å². The van der Waals surface area contributed by atoms with Crippen molar-refractivity contribution in [3.05, 3.63) is 80.2 Å². The van der Waals surface area contributed by atoms with Gasteiger partial charge in [-0.15, -0.1) is 0 Å². The summed E-state index contributed by atoms with van der Waals surface area (Å²) >= 11 is 3.28. The number of aliphatic hydroxyl groups is 1. The summed E-state index contributed by atoms with van der Waals surface area (Å²) in [6.07, 6.45) is 2.40. The van der Waals surface area contributed by atoms with Crippen LogP contribution in [0.3, 0.4) is 0 Å². The second kappa shape index (κ2) is 7.44. The highest BCUT2D eigenvalue weighted by Crippen LogP contribution is 2.25. The number of halogens is 3. The Morgan fingerprint density at radius 3 is 2.54 bits per heavy atom. The number of ether oxygens (including phenoxy) is 1. The minimum atomic E-state index is -2.21. The zero-order valence-corrected chi connectivity index (χ0v) is 16.8. The molecule has 3 rings (SSSR count). The molecule has 0 amide bonds. The fourth-order valence-electron chi connectivity index (χ4n) is 2.80. The van der Waals surface area contributed by atoms with Gasteiger partial charge in [-0.25, -0.2) is 18.7 Å². The maximum Gasteiger partial charge on any atom is 0.259 e. The van der Waals surface area contributed by atoms with E-state index < -0.39 is 28.6 Å². The van der Waals surface area contributed by atoms with Crippen LogP contribution >= 0.6 is 15.9 Å². The molecule has 10 heteroatoms. The molecule has 28 heavy (non-hydrogen) atoms. The van der Waals surface area contributed by atoms with Crippen molar-refractivity contribution in [3.63, 3.8) is 0 Å². The fraction of sp³-hybridized carbons (Fsp3) is 0.167. The second-order valence-electron chi connectivity index (χ2n) is 6.37. The van der Waals surface area contributed by atoms with Crippen molar-refractivity contribution < 1.29 is 18.6 Å². The third-order valence-electron chi connectivity index (χ3n) is 4.04. The number of aromatic nitrogens is 3. The fourth-order valence-corrected chi connectivity index (χ4v) is 3.12. The van der Waals surface area contributed by atoms with E-state index in [4.69, 9.17) is 4.74 Å². The number of nitrogens with zero attached hydrogens (tertiary/aromatic N) is 3. The van der Waals surface area contributed by atoms with Gasteiger partial charge >= 0.3 is 0 Å². The number of aryl methyl sites for hydroxylation is 2. The van der Waals surface area contributed by atoms with E-state index in [1.807, 2.05) is 6.92 Å². The number of rotatable bonds is 4. The smallest absolute Gasteiger partial charge is 0.259 e. The van der Waals surface area contributed by atoms with E-state index >= 15 is 0 Å². The van der Waals surface area contributed by atoms with Gasteiger partial charge in [-0.05, 0) is 41.4 Å². The molecule has 6 nitrogen and oxygen atoms in total. The molecule has 1 unspecified atom stereocenters. The average Bonchev–Trinajstić information content (AvgIpc) is 2.56. The molecular weight excluding hydrogens is 435 g/mol. The Kier molecular flexibility index (Phi) is 5.36. The summed E-state index contributed by atoms with van der Waals surface area (Å²) in [7, 11) is 1.15. The van der Waals surface area contributed by atoms with Gasteiger partial charge < -0.3 is 9.84 Å². The molecule has 1 N–H and O–H groups in total. The van der Waals surface area contributed by atoms with Crippen LogP contribution in [0.2, 0.25) is 0 Å². The van der Waals surface area contributed by atoms with Gasteiger partial charge in [-0.1, -0.05) is 0 Å². The lowest BCUT2D eigenvalue weighted by atomic mass is 9.90. The van der Waals surface area contributed by atoms with E-state index in [1.54, 1.807) is 19.2 Å². The number of hydrogen-bond donors (Lipinski definition) is 1. The predicted molar refractivity (Wildman–Crippen MR) is 104 cm³/mol. The average molecular weight is 450 g/mol. The van der Waals surface area contributed by atoms with Crippen molar-refractivity contribution in [3.8, 4) is 11.4 Å². The molecular formula is C18H15BBrF2N3O3. The third-order valence-corrected chi connectivity index (χ3v) is 4.47. The first kappa shape index (κ1) is 20.2. The van der Waals surface area contributed by atoms with Crippen molar-refractivity contribution in [2.45, 2.75) is 19.5 Å². The zero-order chi connectivity index (χ0) is 20.6. The van der Waals surface area contributed by atoms with Crippen LogP contribution in [0.4, 0.5) is 8.78 Å². The van der Waals surface area contributed by atoms with Gasteiger partial charge in [0.25, 0.3) is 5.56 Å². The summed E-state index contributed by atoms with van der Waals surface area (Å²) in [5, 5.41) is 10.5. The highest BCUT2D eigenvalue weighted by molar-refractivity contribution is 9.10. The molecule has 0 aromatic carbocycles. The molecule has 144 valence electrons. The lowest BCUT2D eigenvalue weighted by Crippen LogP contribution is -2.36. The van der Waals surface area contributed by atoms with Crippen LogP contribution in [-0.2, 0) is 5.69 Å². The van der Waals surface area contributed by atoms with E-state index in [0.717, 1.165) is 25.7 Å². The molecule has 0 aliphatic carbocycles. The third kappa shape index (κ3) is 3.97. The van der Waals surface area contributed by atoms with Crippen LogP contribution in [-0.4, -0.2) is 27.5 Å². The predicted octanol–water partition coefficient (Wildman–Crippen LogP) is 2.10. The number of pyridine rings is 3. The molecule has 3 aromatic rings. The lowest BCUT2D eigenvalue weighted by Gasteiger charge is -2.25. The Balaban J connectivity index is 2.01. The highest BCUT2D eigenvalue weighted by Gasteiger charge is 2.31. The Bertz CT molecular complexity index is 1120. The van der Waals surface area contributed by atoms with Gasteiger partial charge in [0, 0.05) is 30.1 Å². The van der Waals surface area contributed by atoms with Gasteiger partial charge in [0.15, 0.2) is 5.82 Å². The largest absolute Gasteiger partial charge is 0.465 e. The molecule has 0 radical (unpaired) electrons.